The summed E-state index contributed by atoms with van der Waals surface area (Å²) in [7, 11) is 0. The number of esters is 2. The Balaban J connectivity index is 1.55. The molecule has 1 aromatic rings. The number of halogens is 3. The molecule has 5 nitrogen and oxygen atoms in total. The van der Waals surface area contributed by atoms with E-state index in [-0.39, 0.29) is 13.0 Å². The zero-order valence-corrected chi connectivity index (χ0v) is 16.4. The van der Waals surface area contributed by atoms with Crippen LogP contribution in [0.15, 0.2) is 24.3 Å². The molecule has 162 valence electrons. The number of carbonyl (C=O) groups excluding carboxylic acids is 2. The normalized spacial score (nSPS) is 14.7. The Bertz CT molecular complexity index is 658. The van der Waals surface area contributed by atoms with Crippen molar-refractivity contribution < 1.29 is 32.2 Å². The summed E-state index contributed by atoms with van der Waals surface area (Å²) in [4.78, 5) is 21.7. The third kappa shape index (κ3) is 9.30. The molecule has 0 atom stereocenters. The summed E-state index contributed by atoms with van der Waals surface area (Å²) in [6, 6.07) is 7.95. The lowest BCUT2D eigenvalue weighted by molar-refractivity contribution is -0.201. The van der Waals surface area contributed by atoms with Crippen molar-refractivity contribution in [1.82, 2.24) is 5.32 Å². The second kappa shape index (κ2) is 11.8. The van der Waals surface area contributed by atoms with Crippen molar-refractivity contribution in [2.45, 2.75) is 57.5 Å². The molecule has 0 aromatic heterocycles. The predicted octanol–water partition coefficient (Wildman–Crippen LogP) is 4.19. The maximum Gasteiger partial charge on any atom is 0.491 e. The van der Waals surface area contributed by atoms with E-state index in [2.05, 4.69) is 10.1 Å². The average Bonchev–Trinajstić information content (AvgIpc) is 3.17. The van der Waals surface area contributed by atoms with Gasteiger partial charge < -0.3 is 14.8 Å². The smallest absolute Gasteiger partial charge is 0.491 e. The standard InChI is InChI=1S/C21H28F3NO4/c22-21(23,24)20(27)29-19(26)10-13-25-12-4-8-17-7-3-9-18(15-17)28-14-11-16-5-1-2-6-16/h3,7,9,15-16,25H,1-2,4-6,8,10-14H2. The fraction of sp³-hybridized carbons (Fsp3) is 0.619. The summed E-state index contributed by atoms with van der Waals surface area (Å²) in [5.74, 6) is -2.01. The fourth-order valence-electron chi connectivity index (χ4n) is 3.38. The summed E-state index contributed by atoms with van der Waals surface area (Å²) in [5.41, 5.74) is 1.14. The Morgan fingerprint density at radius 3 is 2.62 bits per heavy atom. The van der Waals surface area contributed by atoms with Gasteiger partial charge in [0, 0.05) is 6.54 Å². The van der Waals surface area contributed by atoms with Crippen LogP contribution >= 0.6 is 0 Å². The number of carbonyl (C=O) groups is 2. The zero-order chi connectivity index (χ0) is 21.1. The van der Waals surface area contributed by atoms with Crippen molar-refractivity contribution in [2.75, 3.05) is 19.7 Å². The minimum atomic E-state index is -5.15. The van der Waals surface area contributed by atoms with Crippen LogP contribution in [0.5, 0.6) is 5.75 Å². The van der Waals surface area contributed by atoms with Crippen LogP contribution in [0.4, 0.5) is 13.2 Å². The van der Waals surface area contributed by atoms with Gasteiger partial charge in [-0.2, -0.15) is 13.2 Å². The van der Waals surface area contributed by atoms with Crippen molar-refractivity contribution in [2.24, 2.45) is 5.92 Å². The lowest BCUT2D eigenvalue weighted by Gasteiger charge is -2.11. The first-order valence-electron chi connectivity index (χ1n) is 10.1. The Kier molecular flexibility index (Phi) is 9.44. The van der Waals surface area contributed by atoms with Crippen LogP contribution in [0.2, 0.25) is 0 Å². The zero-order valence-electron chi connectivity index (χ0n) is 16.4. The van der Waals surface area contributed by atoms with Gasteiger partial charge in [0.2, 0.25) is 0 Å². The maximum atomic E-state index is 12.0. The number of hydrogen-bond donors (Lipinski definition) is 1. The van der Waals surface area contributed by atoms with E-state index in [0.717, 1.165) is 43.1 Å². The van der Waals surface area contributed by atoms with Gasteiger partial charge in [0.25, 0.3) is 0 Å². The topological polar surface area (TPSA) is 64.6 Å². The van der Waals surface area contributed by atoms with E-state index >= 15 is 0 Å². The van der Waals surface area contributed by atoms with Crippen LogP contribution in [-0.4, -0.2) is 37.8 Å². The summed E-state index contributed by atoms with van der Waals surface area (Å²) in [6.07, 6.45) is 2.54. The third-order valence-electron chi connectivity index (χ3n) is 4.93. The van der Waals surface area contributed by atoms with Gasteiger partial charge in [-0.1, -0.05) is 37.8 Å². The number of alkyl halides is 3. The molecular formula is C21H28F3NO4. The predicted molar refractivity (Wildman–Crippen MR) is 101 cm³/mol. The first kappa shape index (κ1) is 23.2. The molecule has 1 aliphatic rings. The van der Waals surface area contributed by atoms with Gasteiger partial charge in [-0.3, -0.25) is 4.79 Å². The molecule has 1 aromatic carbocycles. The molecule has 0 spiro atoms. The highest BCUT2D eigenvalue weighted by Gasteiger charge is 2.42. The highest BCUT2D eigenvalue weighted by atomic mass is 19.4. The van der Waals surface area contributed by atoms with Gasteiger partial charge in [-0.05, 0) is 49.4 Å². The quantitative estimate of drug-likeness (QED) is 0.334. The van der Waals surface area contributed by atoms with Gasteiger partial charge in [-0.15, -0.1) is 0 Å². The monoisotopic (exact) mass is 415 g/mol. The highest BCUT2D eigenvalue weighted by Crippen LogP contribution is 2.27. The van der Waals surface area contributed by atoms with Gasteiger partial charge >= 0.3 is 18.1 Å². The first-order valence-corrected chi connectivity index (χ1v) is 10.1. The van der Waals surface area contributed by atoms with Gasteiger partial charge in [0.1, 0.15) is 5.75 Å². The number of hydrogen-bond acceptors (Lipinski definition) is 5. The van der Waals surface area contributed by atoms with E-state index in [1.54, 1.807) is 0 Å². The van der Waals surface area contributed by atoms with Crippen LogP contribution in [0, 0.1) is 5.92 Å². The second-order valence-electron chi connectivity index (χ2n) is 7.30. The molecule has 2 rings (SSSR count). The fourth-order valence-corrected chi connectivity index (χ4v) is 3.38. The maximum absolute atomic E-state index is 12.0. The summed E-state index contributed by atoms with van der Waals surface area (Å²) < 4.78 is 45.5. The Hall–Kier alpha value is -2.09. The SMILES string of the molecule is O=C(CCNCCCc1cccc(OCCC2CCCC2)c1)OC(=O)C(F)(F)F. The molecule has 8 heteroatoms. The number of rotatable bonds is 11. The Morgan fingerprint density at radius 1 is 1.14 bits per heavy atom. The summed E-state index contributed by atoms with van der Waals surface area (Å²) in [5, 5.41) is 2.95. The van der Waals surface area contributed by atoms with E-state index in [1.807, 2.05) is 24.3 Å². The van der Waals surface area contributed by atoms with E-state index in [4.69, 9.17) is 4.74 Å². The van der Waals surface area contributed by atoms with Crippen molar-refractivity contribution in [3.05, 3.63) is 29.8 Å². The largest absolute Gasteiger partial charge is 0.494 e. The molecule has 0 amide bonds. The number of benzene rings is 1. The summed E-state index contributed by atoms with van der Waals surface area (Å²) in [6.45, 7) is 1.48. The van der Waals surface area contributed by atoms with Gasteiger partial charge in [0.05, 0.1) is 13.0 Å². The number of ether oxygens (including phenoxy) is 2. The molecule has 0 saturated heterocycles. The van der Waals surface area contributed by atoms with Crippen LogP contribution in [0.25, 0.3) is 0 Å². The Labute approximate surface area is 168 Å². The van der Waals surface area contributed by atoms with Crippen molar-refractivity contribution >= 4 is 11.9 Å². The van der Waals surface area contributed by atoms with E-state index in [1.165, 1.54) is 25.7 Å². The molecule has 29 heavy (non-hydrogen) atoms. The minimum Gasteiger partial charge on any atom is -0.494 e. The lowest BCUT2D eigenvalue weighted by Crippen LogP contribution is -2.29. The Morgan fingerprint density at radius 2 is 1.90 bits per heavy atom. The number of nitrogens with one attached hydrogen (secondary N) is 1. The molecule has 1 aliphatic carbocycles. The minimum absolute atomic E-state index is 0.147. The van der Waals surface area contributed by atoms with Crippen LogP contribution in [0.1, 0.15) is 50.5 Å². The van der Waals surface area contributed by atoms with Crippen molar-refractivity contribution in [3.63, 3.8) is 0 Å². The molecule has 0 bridgehead atoms. The molecule has 0 aliphatic heterocycles. The molecule has 1 N–H and O–H groups in total. The third-order valence-corrected chi connectivity index (χ3v) is 4.93. The van der Waals surface area contributed by atoms with Crippen LogP contribution in [-0.2, 0) is 20.7 Å². The number of aryl methyl sites for hydroxylation is 1. The molecular weight excluding hydrogens is 387 g/mol. The van der Waals surface area contributed by atoms with E-state index < -0.39 is 18.1 Å². The lowest BCUT2D eigenvalue weighted by atomic mass is 10.1. The second-order valence-corrected chi connectivity index (χ2v) is 7.30. The van der Waals surface area contributed by atoms with Crippen LogP contribution in [0.3, 0.4) is 0 Å². The average molecular weight is 415 g/mol. The van der Waals surface area contributed by atoms with Crippen molar-refractivity contribution in [3.8, 4) is 5.75 Å². The van der Waals surface area contributed by atoms with Gasteiger partial charge in [-0.25, -0.2) is 4.79 Å². The summed E-state index contributed by atoms with van der Waals surface area (Å²) >= 11 is 0. The molecule has 0 radical (unpaired) electrons. The van der Waals surface area contributed by atoms with Crippen LogP contribution < -0.4 is 10.1 Å². The van der Waals surface area contributed by atoms with Crippen molar-refractivity contribution in [1.29, 1.82) is 0 Å². The molecule has 0 heterocycles. The van der Waals surface area contributed by atoms with E-state index in [0.29, 0.717) is 6.54 Å². The molecule has 1 fully saturated rings. The molecule has 1 saturated carbocycles. The first-order chi connectivity index (χ1) is 13.8. The van der Waals surface area contributed by atoms with E-state index in [9.17, 15) is 22.8 Å². The molecule has 0 unspecified atom stereocenters. The highest BCUT2D eigenvalue weighted by molar-refractivity contribution is 5.88. The van der Waals surface area contributed by atoms with Gasteiger partial charge in [0.15, 0.2) is 0 Å².